The third-order valence-corrected chi connectivity index (χ3v) is 11.2. The van der Waals surface area contributed by atoms with Crippen molar-refractivity contribution in [2.24, 2.45) is 0 Å². The summed E-state index contributed by atoms with van der Waals surface area (Å²) >= 11 is 0. The maximum atomic E-state index is 5.46. The summed E-state index contributed by atoms with van der Waals surface area (Å²) in [7, 11) is 0. The van der Waals surface area contributed by atoms with E-state index in [1.807, 2.05) is 30.5 Å². The number of hydrogen-bond donors (Lipinski definition) is 0. The zero-order valence-electron chi connectivity index (χ0n) is 31.0. The van der Waals surface area contributed by atoms with Gasteiger partial charge in [0.15, 0.2) is 0 Å². The van der Waals surface area contributed by atoms with Crippen LogP contribution in [0, 0.1) is 0 Å². The van der Waals surface area contributed by atoms with E-state index in [1.165, 1.54) is 27.1 Å². The Morgan fingerprint density at radius 3 is 2.07 bits per heavy atom. The van der Waals surface area contributed by atoms with Gasteiger partial charge in [0.1, 0.15) is 0 Å². The first kappa shape index (κ1) is 32.8. The van der Waals surface area contributed by atoms with Crippen molar-refractivity contribution >= 4 is 66.2 Å². The van der Waals surface area contributed by atoms with Gasteiger partial charge in [-0.3, -0.25) is 9.55 Å². The Labute approximate surface area is 329 Å². The average Bonchev–Trinajstić information content (AvgIpc) is 3.77. The van der Waals surface area contributed by atoms with Crippen molar-refractivity contribution in [2.45, 2.75) is 6.42 Å². The first-order valence-corrected chi connectivity index (χ1v) is 19.3. The molecule has 6 aromatic carbocycles. The molecule has 5 heteroatoms. The predicted molar refractivity (Wildman–Crippen MR) is 237 cm³/mol. The summed E-state index contributed by atoms with van der Waals surface area (Å²) in [6.07, 6.45) is 13.4. The van der Waals surface area contributed by atoms with Gasteiger partial charge in [0.25, 0.3) is 0 Å². The molecule has 1 aliphatic carbocycles. The normalized spacial score (nSPS) is 15.2. The molecule has 0 amide bonds. The van der Waals surface area contributed by atoms with Crippen molar-refractivity contribution in [1.82, 2.24) is 24.1 Å². The number of fused-ring (bicyclic) bond motifs is 9. The molecule has 10 aromatic rings. The van der Waals surface area contributed by atoms with E-state index >= 15 is 0 Å². The maximum Gasteiger partial charge on any atom is 0.235 e. The molecule has 0 atom stereocenters. The zero-order chi connectivity index (χ0) is 37.9. The lowest BCUT2D eigenvalue weighted by Crippen LogP contribution is -2.07. The summed E-state index contributed by atoms with van der Waals surface area (Å²) < 4.78 is 4.63. The monoisotopic (exact) mass is 729 g/mol. The molecule has 0 saturated heterocycles. The highest BCUT2D eigenvalue weighted by atomic mass is 15.2. The van der Waals surface area contributed by atoms with Gasteiger partial charge in [0, 0.05) is 38.9 Å². The molecular weight excluding hydrogens is 695 g/mol. The third-order valence-electron chi connectivity index (χ3n) is 11.2. The molecular formula is C52H35N5. The van der Waals surface area contributed by atoms with Crippen LogP contribution in [0.1, 0.15) is 11.3 Å². The average molecular weight is 730 g/mol. The molecule has 57 heavy (non-hydrogen) atoms. The van der Waals surface area contributed by atoms with Crippen LogP contribution in [0.25, 0.3) is 94.6 Å². The summed E-state index contributed by atoms with van der Waals surface area (Å²) in [6, 6.07) is 53.2. The number of hydrogen-bond acceptors (Lipinski definition) is 3. The minimum Gasteiger partial charge on any atom is -0.309 e. The summed E-state index contributed by atoms with van der Waals surface area (Å²) in [5, 5.41) is 7.04. The van der Waals surface area contributed by atoms with Gasteiger partial charge in [-0.1, -0.05) is 146 Å². The van der Waals surface area contributed by atoms with Gasteiger partial charge in [-0.05, 0) is 70.8 Å². The van der Waals surface area contributed by atoms with E-state index in [0.29, 0.717) is 5.95 Å². The Morgan fingerprint density at radius 2 is 1.25 bits per heavy atom. The lowest BCUT2D eigenvalue weighted by Gasteiger charge is -2.17. The Hall–Kier alpha value is -7.63. The Bertz CT molecular complexity index is 3320. The molecule has 0 spiro atoms. The van der Waals surface area contributed by atoms with E-state index < -0.39 is 0 Å². The first-order valence-electron chi connectivity index (χ1n) is 19.3. The molecule has 4 aromatic heterocycles. The molecule has 4 heterocycles. The van der Waals surface area contributed by atoms with Gasteiger partial charge in [-0.15, -0.1) is 0 Å². The summed E-state index contributed by atoms with van der Waals surface area (Å²) in [5.74, 6) is 0.612. The van der Waals surface area contributed by atoms with Crippen LogP contribution in [-0.2, 0) is 6.42 Å². The highest BCUT2D eigenvalue weighted by Gasteiger charge is 2.23. The smallest absolute Gasteiger partial charge is 0.235 e. The molecule has 0 radical (unpaired) electrons. The minimum absolute atomic E-state index is 0.612. The summed E-state index contributed by atoms with van der Waals surface area (Å²) in [6.45, 7) is 4.70. The number of pyridine rings is 1. The Morgan fingerprint density at radius 1 is 0.544 bits per heavy atom. The van der Waals surface area contributed by atoms with Crippen molar-refractivity contribution in [3.05, 3.63) is 206 Å². The fourth-order valence-electron chi connectivity index (χ4n) is 8.58. The molecule has 11 rings (SSSR count). The molecule has 0 bridgehead atoms. The fraction of sp³-hybridized carbons (Fsp3) is 0.0192. The number of rotatable bonds is 4. The van der Waals surface area contributed by atoms with Crippen molar-refractivity contribution < 1.29 is 0 Å². The molecule has 0 N–H and O–H groups in total. The molecule has 0 aliphatic heterocycles. The van der Waals surface area contributed by atoms with E-state index in [0.717, 1.165) is 78.7 Å². The molecule has 0 fully saturated rings. The highest BCUT2D eigenvalue weighted by Crippen LogP contribution is 2.41. The lowest BCUT2D eigenvalue weighted by atomic mass is 10.0. The van der Waals surface area contributed by atoms with Crippen LogP contribution in [0.5, 0.6) is 0 Å². The standard InChI is InChI=1S/C52H35N5/c1-34-15-3-2-4-18-40-39-19-8-11-24-45(39)57(49(40)33-48(34)56-46-25-12-9-21-42(46)50-38-17-6-5-16-35(38)30-31-47(50)56)52-54-44-23-10-7-20-41(44)51(55-52)37-28-26-36(27-29-37)43-22-13-14-32-53-43/h2-17,19-33H,1,18H2/b4-2-,15-3-,48-33+. The largest absolute Gasteiger partial charge is 0.309 e. The first-order chi connectivity index (χ1) is 28.2. The second-order valence-electron chi connectivity index (χ2n) is 14.5. The van der Waals surface area contributed by atoms with Crippen molar-refractivity contribution in [1.29, 1.82) is 0 Å². The minimum atomic E-state index is 0.612. The summed E-state index contributed by atoms with van der Waals surface area (Å²) in [4.78, 5) is 15.3. The number of aromatic nitrogens is 5. The van der Waals surface area contributed by atoms with E-state index in [2.05, 4.69) is 172 Å². The Balaban J connectivity index is 1.20. The van der Waals surface area contributed by atoms with Crippen LogP contribution in [0.15, 0.2) is 194 Å². The molecule has 0 saturated carbocycles. The number of allylic oxidation sites excluding steroid dienone is 6. The maximum absolute atomic E-state index is 5.46. The van der Waals surface area contributed by atoms with Crippen LogP contribution in [0.3, 0.4) is 0 Å². The van der Waals surface area contributed by atoms with Gasteiger partial charge >= 0.3 is 0 Å². The highest BCUT2D eigenvalue weighted by molar-refractivity contribution is 6.22. The molecule has 268 valence electrons. The predicted octanol–water partition coefficient (Wildman–Crippen LogP) is 12.8. The van der Waals surface area contributed by atoms with Gasteiger partial charge in [0.05, 0.1) is 44.8 Å². The molecule has 5 nitrogen and oxygen atoms in total. The van der Waals surface area contributed by atoms with Gasteiger partial charge in [0.2, 0.25) is 5.95 Å². The van der Waals surface area contributed by atoms with Crippen LogP contribution >= 0.6 is 0 Å². The third kappa shape index (κ3) is 5.35. The van der Waals surface area contributed by atoms with Crippen molar-refractivity contribution in [3.63, 3.8) is 0 Å². The molecule has 0 unspecified atom stereocenters. The van der Waals surface area contributed by atoms with Crippen molar-refractivity contribution in [3.8, 4) is 28.5 Å². The number of para-hydroxylation sites is 3. The van der Waals surface area contributed by atoms with E-state index in [9.17, 15) is 0 Å². The lowest BCUT2D eigenvalue weighted by molar-refractivity contribution is 0.965. The van der Waals surface area contributed by atoms with E-state index in [1.54, 1.807) is 0 Å². The van der Waals surface area contributed by atoms with Gasteiger partial charge < -0.3 is 4.57 Å². The zero-order valence-corrected chi connectivity index (χ0v) is 31.0. The number of nitrogens with zero attached hydrogens (tertiary/aromatic N) is 5. The quantitative estimate of drug-likeness (QED) is 0.181. The topological polar surface area (TPSA) is 48.5 Å². The van der Waals surface area contributed by atoms with Gasteiger partial charge in [-0.25, -0.2) is 9.97 Å². The van der Waals surface area contributed by atoms with Crippen LogP contribution in [-0.4, -0.2) is 24.1 Å². The van der Waals surface area contributed by atoms with E-state index in [-0.39, 0.29) is 0 Å². The molecule has 1 aliphatic rings. The van der Waals surface area contributed by atoms with E-state index in [4.69, 9.17) is 16.5 Å². The summed E-state index contributed by atoms with van der Waals surface area (Å²) in [5.41, 5.74) is 12.2. The van der Waals surface area contributed by atoms with Crippen LogP contribution in [0.4, 0.5) is 0 Å². The van der Waals surface area contributed by atoms with Gasteiger partial charge in [-0.2, -0.15) is 0 Å². The fourth-order valence-corrected chi connectivity index (χ4v) is 8.58. The SMILES string of the molecule is C=C1/C=C\C=C/Cc2c(n(-c3nc(-c4ccc(-c5ccccn5)cc4)c4ccccc4n3)c3ccccc23)/C=C\1n1c2ccccc2c2c3ccccc3ccc21. The van der Waals surface area contributed by atoms with Crippen molar-refractivity contribution in [2.75, 3.05) is 0 Å². The van der Waals surface area contributed by atoms with Crippen LogP contribution < -0.4 is 0 Å². The second-order valence-corrected chi connectivity index (χ2v) is 14.5. The second kappa shape index (κ2) is 13.3. The van der Waals surface area contributed by atoms with Crippen LogP contribution in [0.2, 0.25) is 0 Å². The number of benzene rings is 6. The Kier molecular flexibility index (Phi) is 7.64.